The first-order valence-corrected chi connectivity index (χ1v) is 5.17. The van der Waals surface area contributed by atoms with E-state index in [9.17, 15) is 0 Å². The van der Waals surface area contributed by atoms with Crippen LogP contribution in [-0.2, 0) is 0 Å². The molecule has 1 rings (SSSR count). The lowest BCUT2D eigenvalue weighted by atomic mass is 10.1. The smallest absolute Gasteiger partial charge is 0.232 e. The first kappa shape index (κ1) is 9.56. The van der Waals surface area contributed by atoms with Gasteiger partial charge in [0, 0.05) is 0 Å². The zero-order chi connectivity index (χ0) is 8.81. The first-order chi connectivity index (χ1) is 5.84. The normalized spacial score (nSPS) is 18.7. The minimum absolute atomic E-state index is 0.728. The summed E-state index contributed by atoms with van der Waals surface area (Å²) in [5.74, 6) is 0. The molecular formula is C10H21N2+. The van der Waals surface area contributed by atoms with Crippen molar-refractivity contribution in [2.75, 3.05) is 13.1 Å². The van der Waals surface area contributed by atoms with Gasteiger partial charge < -0.3 is 0 Å². The van der Waals surface area contributed by atoms with E-state index in [1.807, 2.05) is 0 Å². The minimum Gasteiger partial charge on any atom is -0.277 e. The van der Waals surface area contributed by atoms with Crippen molar-refractivity contribution in [3.05, 3.63) is 0 Å². The van der Waals surface area contributed by atoms with Gasteiger partial charge in [0.1, 0.15) is 13.1 Å². The van der Waals surface area contributed by atoms with Crippen LogP contribution >= 0.6 is 0 Å². The van der Waals surface area contributed by atoms with Crippen molar-refractivity contribution in [1.82, 2.24) is 5.32 Å². The zero-order valence-corrected chi connectivity index (χ0v) is 8.34. The highest BCUT2D eigenvalue weighted by atomic mass is 15.2. The van der Waals surface area contributed by atoms with Crippen molar-refractivity contribution in [3.8, 4) is 0 Å². The molecule has 0 aromatic rings. The highest BCUT2D eigenvalue weighted by Gasteiger charge is 2.14. The molecule has 1 aliphatic heterocycles. The van der Waals surface area contributed by atoms with Crippen LogP contribution in [0.5, 0.6) is 0 Å². The van der Waals surface area contributed by atoms with E-state index in [2.05, 4.69) is 30.1 Å². The molecule has 0 saturated heterocycles. The van der Waals surface area contributed by atoms with E-state index in [4.69, 9.17) is 0 Å². The molecule has 1 heterocycles. The van der Waals surface area contributed by atoms with Gasteiger partial charge in [-0.2, -0.15) is 0 Å². The number of rotatable bonds is 5. The summed E-state index contributed by atoms with van der Waals surface area (Å²) in [5, 5.41) is 3.24. The van der Waals surface area contributed by atoms with Crippen molar-refractivity contribution >= 4 is 6.34 Å². The summed E-state index contributed by atoms with van der Waals surface area (Å²) in [6.07, 6.45) is 7.56. The second-order valence-corrected chi connectivity index (χ2v) is 3.67. The Morgan fingerprint density at radius 1 is 1.50 bits per heavy atom. The number of nitrogens with zero attached hydrogens (tertiary/aromatic N) is 1. The monoisotopic (exact) mass is 169 g/mol. The van der Waals surface area contributed by atoms with Crippen LogP contribution in [0, 0.1) is 0 Å². The molecule has 1 N–H and O–H groups in total. The first-order valence-electron chi connectivity index (χ1n) is 5.17. The van der Waals surface area contributed by atoms with Crippen molar-refractivity contribution in [2.45, 2.75) is 45.6 Å². The summed E-state index contributed by atoms with van der Waals surface area (Å²) in [6, 6.07) is 0.728. The van der Waals surface area contributed by atoms with Crippen molar-refractivity contribution < 1.29 is 4.58 Å². The predicted octanol–water partition coefficient (Wildman–Crippen LogP) is 1.60. The fourth-order valence-corrected chi connectivity index (χ4v) is 1.64. The molecule has 1 atom stereocenters. The quantitative estimate of drug-likeness (QED) is 0.488. The molecule has 0 fully saturated rings. The van der Waals surface area contributed by atoms with Crippen LogP contribution in [0.25, 0.3) is 0 Å². The van der Waals surface area contributed by atoms with E-state index in [0.717, 1.165) is 12.6 Å². The third-order valence-electron chi connectivity index (χ3n) is 2.56. The largest absolute Gasteiger partial charge is 0.277 e. The fraction of sp³-hybridized carbons (Fsp3) is 0.900. The molecule has 0 amide bonds. The van der Waals surface area contributed by atoms with Crippen molar-refractivity contribution in [3.63, 3.8) is 0 Å². The van der Waals surface area contributed by atoms with Gasteiger partial charge in [0.15, 0.2) is 0 Å². The summed E-state index contributed by atoms with van der Waals surface area (Å²) in [6.45, 7) is 6.89. The van der Waals surface area contributed by atoms with Gasteiger partial charge in [-0.15, -0.1) is 0 Å². The Morgan fingerprint density at radius 3 is 2.92 bits per heavy atom. The topological polar surface area (TPSA) is 15.0 Å². The molecule has 2 heteroatoms. The van der Waals surface area contributed by atoms with Crippen LogP contribution in [0.2, 0.25) is 0 Å². The molecular weight excluding hydrogens is 148 g/mol. The lowest BCUT2D eigenvalue weighted by molar-refractivity contribution is -0.550. The lowest BCUT2D eigenvalue weighted by Gasteiger charge is -2.09. The molecule has 0 aromatic heterocycles. The van der Waals surface area contributed by atoms with E-state index in [1.165, 1.54) is 32.2 Å². The van der Waals surface area contributed by atoms with Crippen molar-refractivity contribution in [2.24, 2.45) is 0 Å². The van der Waals surface area contributed by atoms with E-state index in [-0.39, 0.29) is 0 Å². The molecule has 70 valence electrons. The number of unbranched alkanes of at least 4 members (excludes halogenated alkanes) is 2. The van der Waals surface area contributed by atoms with Gasteiger partial charge in [-0.05, 0) is 19.8 Å². The zero-order valence-electron chi connectivity index (χ0n) is 8.34. The van der Waals surface area contributed by atoms with Crippen LogP contribution < -0.4 is 5.32 Å². The highest BCUT2D eigenvalue weighted by molar-refractivity contribution is 5.49. The second kappa shape index (κ2) is 5.18. The summed E-state index contributed by atoms with van der Waals surface area (Å²) >= 11 is 0. The van der Waals surface area contributed by atoms with E-state index < -0.39 is 0 Å². The van der Waals surface area contributed by atoms with Crippen LogP contribution in [0.4, 0.5) is 0 Å². The van der Waals surface area contributed by atoms with Crippen LogP contribution in [0.3, 0.4) is 0 Å². The highest BCUT2D eigenvalue weighted by Crippen LogP contribution is 2.06. The molecule has 2 nitrogen and oxygen atoms in total. The van der Waals surface area contributed by atoms with Gasteiger partial charge in [0.25, 0.3) is 0 Å². The maximum Gasteiger partial charge on any atom is 0.232 e. The third-order valence-corrected chi connectivity index (χ3v) is 2.56. The van der Waals surface area contributed by atoms with E-state index in [0.29, 0.717) is 0 Å². The molecule has 0 bridgehead atoms. The Morgan fingerprint density at radius 2 is 2.33 bits per heavy atom. The molecule has 0 saturated carbocycles. The Kier molecular flexibility index (Phi) is 4.12. The Bertz CT molecular complexity index is 152. The van der Waals surface area contributed by atoms with Gasteiger partial charge in [0.05, 0.1) is 6.04 Å². The minimum atomic E-state index is 0.728. The molecule has 12 heavy (non-hydrogen) atoms. The summed E-state index contributed by atoms with van der Waals surface area (Å²) in [5.41, 5.74) is 0. The maximum absolute atomic E-state index is 3.24. The molecule has 0 aromatic carbocycles. The Balaban J connectivity index is 2.14. The fourth-order valence-electron chi connectivity index (χ4n) is 1.64. The van der Waals surface area contributed by atoms with Crippen LogP contribution in [-0.4, -0.2) is 30.0 Å². The maximum atomic E-state index is 3.24. The number of hydrogen-bond acceptors (Lipinski definition) is 1. The van der Waals surface area contributed by atoms with Crippen LogP contribution in [0.15, 0.2) is 0 Å². The van der Waals surface area contributed by atoms with Gasteiger partial charge >= 0.3 is 0 Å². The standard InChI is InChI=1S/C10H20N2/c1-3-4-5-6-10(2)12-8-7-11-9-12/h9-10H,3-8H2,1-2H3/p+1. The average Bonchev–Trinajstić information content (AvgIpc) is 2.56. The number of nitrogens with one attached hydrogen (secondary N) is 1. The third kappa shape index (κ3) is 2.84. The molecule has 0 radical (unpaired) electrons. The average molecular weight is 169 g/mol. The van der Waals surface area contributed by atoms with E-state index in [1.54, 1.807) is 0 Å². The molecule has 0 spiro atoms. The predicted molar refractivity (Wildman–Crippen MR) is 52.8 cm³/mol. The SMILES string of the molecule is CCCCCC(C)[N+]1=CNCC1. The van der Waals surface area contributed by atoms with Gasteiger partial charge in [0.2, 0.25) is 6.34 Å². The van der Waals surface area contributed by atoms with Gasteiger partial charge in [-0.3, -0.25) is 9.89 Å². The molecule has 0 aliphatic carbocycles. The molecule has 1 unspecified atom stereocenters. The Hall–Kier alpha value is -0.530. The summed E-state index contributed by atoms with van der Waals surface area (Å²) in [7, 11) is 0. The van der Waals surface area contributed by atoms with Gasteiger partial charge in [-0.1, -0.05) is 19.8 Å². The van der Waals surface area contributed by atoms with Crippen LogP contribution in [0.1, 0.15) is 39.5 Å². The van der Waals surface area contributed by atoms with Crippen molar-refractivity contribution in [1.29, 1.82) is 0 Å². The van der Waals surface area contributed by atoms with Gasteiger partial charge in [-0.25, -0.2) is 0 Å². The Labute approximate surface area is 75.7 Å². The summed E-state index contributed by atoms with van der Waals surface area (Å²) in [4.78, 5) is 0. The van der Waals surface area contributed by atoms with E-state index >= 15 is 0 Å². The molecule has 1 aliphatic rings. The second-order valence-electron chi connectivity index (χ2n) is 3.67. The number of hydrogen-bond donors (Lipinski definition) is 1. The summed E-state index contributed by atoms with van der Waals surface area (Å²) < 4.78 is 2.41. The lowest BCUT2D eigenvalue weighted by Crippen LogP contribution is -2.22.